The van der Waals surface area contributed by atoms with Crippen LogP contribution in [0.5, 0.6) is 5.75 Å². The summed E-state index contributed by atoms with van der Waals surface area (Å²) in [5, 5.41) is 11.6. The van der Waals surface area contributed by atoms with Gasteiger partial charge in [-0.3, -0.25) is 14.9 Å². The van der Waals surface area contributed by atoms with E-state index in [1.54, 1.807) is 19.1 Å². The molecule has 1 aromatic heterocycles. The van der Waals surface area contributed by atoms with Crippen LogP contribution < -0.4 is 10.2 Å². The number of esters is 1. The highest BCUT2D eigenvalue weighted by Crippen LogP contribution is 2.27. The number of hydrogen-bond donors (Lipinski definition) is 0. The molecule has 7 heteroatoms. The third kappa shape index (κ3) is 3.44. The van der Waals surface area contributed by atoms with Crippen LogP contribution in [0.2, 0.25) is 0 Å². The van der Waals surface area contributed by atoms with Crippen molar-refractivity contribution in [2.24, 2.45) is 0 Å². The monoisotopic (exact) mass is 401 g/mol. The number of hydrogen-bond acceptors (Lipinski definition) is 6. The molecule has 0 fully saturated rings. The van der Waals surface area contributed by atoms with E-state index in [4.69, 9.17) is 9.15 Å². The minimum absolute atomic E-state index is 0.110. The molecule has 0 N–H and O–H groups in total. The molecule has 0 bridgehead atoms. The van der Waals surface area contributed by atoms with Crippen LogP contribution in [0.15, 0.2) is 82.2 Å². The Kier molecular flexibility index (Phi) is 4.85. The van der Waals surface area contributed by atoms with E-state index in [1.807, 2.05) is 30.3 Å². The Morgan fingerprint density at radius 3 is 2.53 bits per heavy atom. The molecule has 0 aliphatic rings. The molecule has 0 saturated carbocycles. The van der Waals surface area contributed by atoms with Crippen LogP contribution in [0.3, 0.4) is 0 Å². The maximum Gasteiger partial charge on any atom is 0.350 e. The second-order valence-corrected chi connectivity index (χ2v) is 6.62. The number of nitro benzene ring substituents is 1. The Bertz CT molecular complexity index is 1340. The number of rotatable bonds is 4. The lowest BCUT2D eigenvalue weighted by atomic mass is 10.1. The number of para-hydroxylation sites is 1. The number of carbonyl (C=O) groups is 1. The van der Waals surface area contributed by atoms with Gasteiger partial charge in [-0.05, 0) is 30.7 Å². The summed E-state index contributed by atoms with van der Waals surface area (Å²) < 4.78 is 10.9. The van der Waals surface area contributed by atoms with Gasteiger partial charge in [-0.25, -0.2) is 4.79 Å². The van der Waals surface area contributed by atoms with Crippen molar-refractivity contribution in [1.82, 2.24) is 0 Å². The number of nitrogens with zero attached hydrogens (tertiary/aromatic N) is 1. The van der Waals surface area contributed by atoms with E-state index < -0.39 is 10.9 Å². The van der Waals surface area contributed by atoms with Crippen molar-refractivity contribution in [2.75, 3.05) is 0 Å². The molecule has 0 radical (unpaired) electrons. The maximum absolute atomic E-state index is 12.8. The van der Waals surface area contributed by atoms with Gasteiger partial charge in [0, 0.05) is 11.6 Å². The van der Waals surface area contributed by atoms with Crippen LogP contribution in [-0.2, 0) is 0 Å². The van der Waals surface area contributed by atoms with Crippen LogP contribution >= 0.6 is 0 Å². The van der Waals surface area contributed by atoms with Gasteiger partial charge >= 0.3 is 5.97 Å². The minimum Gasteiger partial charge on any atom is -0.463 e. The second kappa shape index (κ2) is 7.63. The molecule has 30 heavy (non-hydrogen) atoms. The molecule has 4 aromatic rings. The lowest BCUT2D eigenvalue weighted by Crippen LogP contribution is -2.12. The SMILES string of the molecule is Cc1cccc(C(=O)Oc2ccc3c(=O)c(-c4ccccc4)coc3c2)c1[N+](=O)[O-]. The van der Waals surface area contributed by atoms with Gasteiger partial charge < -0.3 is 9.15 Å². The van der Waals surface area contributed by atoms with Gasteiger partial charge in [-0.2, -0.15) is 0 Å². The smallest absolute Gasteiger partial charge is 0.350 e. The zero-order valence-electron chi connectivity index (χ0n) is 15.8. The number of nitro groups is 1. The molecule has 0 amide bonds. The summed E-state index contributed by atoms with van der Waals surface area (Å²) >= 11 is 0. The summed E-state index contributed by atoms with van der Waals surface area (Å²) in [6.07, 6.45) is 1.36. The summed E-state index contributed by atoms with van der Waals surface area (Å²) in [6.45, 7) is 1.55. The van der Waals surface area contributed by atoms with E-state index in [0.29, 0.717) is 16.5 Å². The summed E-state index contributed by atoms with van der Waals surface area (Å²) in [4.78, 5) is 36.0. The molecule has 1 heterocycles. The quantitative estimate of drug-likeness (QED) is 0.209. The van der Waals surface area contributed by atoms with Gasteiger partial charge in [0.25, 0.3) is 5.69 Å². The molecule has 0 aliphatic heterocycles. The average molecular weight is 401 g/mol. The molecule has 0 aliphatic carbocycles. The lowest BCUT2D eigenvalue weighted by Gasteiger charge is -2.07. The molecular formula is C23H15NO6. The van der Waals surface area contributed by atoms with Gasteiger partial charge in [0.15, 0.2) is 5.43 Å². The fraction of sp³-hybridized carbons (Fsp3) is 0.0435. The number of carbonyl (C=O) groups excluding carboxylic acids is 1. The number of ether oxygens (including phenoxy) is 1. The predicted octanol–water partition coefficient (Wildman–Crippen LogP) is 4.90. The van der Waals surface area contributed by atoms with Crippen LogP contribution in [0.1, 0.15) is 15.9 Å². The van der Waals surface area contributed by atoms with E-state index in [1.165, 1.54) is 30.5 Å². The second-order valence-electron chi connectivity index (χ2n) is 6.62. The molecule has 3 aromatic carbocycles. The van der Waals surface area contributed by atoms with Gasteiger partial charge in [0.1, 0.15) is 23.2 Å². The van der Waals surface area contributed by atoms with E-state index in [-0.39, 0.29) is 28.0 Å². The van der Waals surface area contributed by atoms with E-state index >= 15 is 0 Å². The zero-order chi connectivity index (χ0) is 21.3. The summed E-state index contributed by atoms with van der Waals surface area (Å²) in [7, 11) is 0. The number of aryl methyl sites for hydroxylation is 1. The molecule has 148 valence electrons. The zero-order valence-corrected chi connectivity index (χ0v) is 15.8. The number of benzene rings is 3. The Morgan fingerprint density at radius 1 is 1.03 bits per heavy atom. The summed E-state index contributed by atoms with van der Waals surface area (Å²) in [5.41, 5.74) is 1.08. The first-order chi connectivity index (χ1) is 14.5. The predicted molar refractivity (Wildman–Crippen MR) is 111 cm³/mol. The fourth-order valence-electron chi connectivity index (χ4n) is 3.22. The normalized spacial score (nSPS) is 10.7. The highest BCUT2D eigenvalue weighted by atomic mass is 16.6. The Labute approximate surface area is 170 Å². The highest BCUT2D eigenvalue weighted by molar-refractivity contribution is 5.96. The van der Waals surface area contributed by atoms with Crippen LogP contribution in [0.4, 0.5) is 5.69 Å². The van der Waals surface area contributed by atoms with E-state index in [9.17, 15) is 19.7 Å². The molecule has 0 unspecified atom stereocenters. The Balaban J connectivity index is 1.69. The first kappa shape index (κ1) is 19.1. The van der Waals surface area contributed by atoms with Crippen molar-refractivity contribution in [2.45, 2.75) is 6.92 Å². The molecule has 4 rings (SSSR count). The lowest BCUT2D eigenvalue weighted by molar-refractivity contribution is -0.385. The molecule has 0 saturated heterocycles. The van der Waals surface area contributed by atoms with Crippen LogP contribution in [-0.4, -0.2) is 10.9 Å². The standard InChI is InChI=1S/C23H15NO6/c1-14-6-5-9-18(21(14)24(27)28)23(26)30-16-10-11-17-20(12-16)29-13-19(22(17)25)15-7-3-2-4-8-15/h2-13H,1H3. The van der Waals surface area contributed by atoms with Crippen molar-refractivity contribution in [1.29, 1.82) is 0 Å². The third-order valence-electron chi connectivity index (χ3n) is 4.68. The Morgan fingerprint density at radius 2 is 1.80 bits per heavy atom. The van der Waals surface area contributed by atoms with Crippen molar-refractivity contribution < 1.29 is 18.9 Å². The average Bonchev–Trinajstić information content (AvgIpc) is 2.74. The summed E-state index contributed by atoms with van der Waals surface area (Å²) in [5.74, 6) is -0.757. The van der Waals surface area contributed by atoms with Crippen molar-refractivity contribution in [3.63, 3.8) is 0 Å². The molecular weight excluding hydrogens is 386 g/mol. The van der Waals surface area contributed by atoms with Crippen LogP contribution in [0.25, 0.3) is 22.1 Å². The molecule has 0 atom stereocenters. The highest BCUT2D eigenvalue weighted by Gasteiger charge is 2.24. The van der Waals surface area contributed by atoms with E-state index in [0.717, 1.165) is 5.56 Å². The largest absolute Gasteiger partial charge is 0.463 e. The van der Waals surface area contributed by atoms with E-state index in [2.05, 4.69) is 0 Å². The topological polar surface area (TPSA) is 99.7 Å². The van der Waals surface area contributed by atoms with Gasteiger partial charge in [0.05, 0.1) is 15.9 Å². The Hall–Kier alpha value is -4.26. The first-order valence-electron chi connectivity index (χ1n) is 9.03. The minimum atomic E-state index is -0.868. The third-order valence-corrected chi connectivity index (χ3v) is 4.68. The first-order valence-corrected chi connectivity index (χ1v) is 9.03. The van der Waals surface area contributed by atoms with Crippen LogP contribution in [0, 0.1) is 17.0 Å². The molecule has 0 spiro atoms. The maximum atomic E-state index is 12.8. The summed E-state index contributed by atoms with van der Waals surface area (Å²) in [6, 6.07) is 17.9. The van der Waals surface area contributed by atoms with Crippen molar-refractivity contribution in [3.05, 3.63) is 104 Å². The van der Waals surface area contributed by atoms with Crippen molar-refractivity contribution >= 4 is 22.6 Å². The van der Waals surface area contributed by atoms with Gasteiger partial charge in [0.2, 0.25) is 0 Å². The molecule has 7 nitrogen and oxygen atoms in total. The van der Waals surface area contributed by atoms with Gasteiger partial charge in [-0.1, -0.05) is 42.5 Å². The van der Waals surface area contributed by atoms with Crippen molar-refractivity contribution in [3.8, 4) is 16.9 Å². The fourth-order valence-corrected chi connectivity index (χ4v) is 3.22. The van der Waals surface area contributed by atoms with Gasteiger partial charge in [-0.15, -0.1) is 0 Å². The number of fused-ring (bicyclic) bond motifs is 1.